The molecule has 29 heavy (non-hydrogen) atoms. The van der Waals surface area contributed by atoms with Crippen LogP contribution in [0.15, 0.2) is 51.8 Å². The number of nitrogens with zero attached hydrogens (tertiary/aromatic N) is 1. The van der Waals surface area contributed by atoms with Gasteiger partial charge in [-0.05, 0) is 43.3 Å². The number of rotatable bonds is 6. The molecule has 0 saturated carbocycles. The van der Waals surface area contributed by atoms with Gasteiger partial charge in [-0.2, -0.15) is 4.72 Å². The van der Waals surface area contributed by atoms with Gasteiger partial charge in [-0.1, -0.05) is 0 Å². The highest BCUT2D eigenvalue weighted by Gasteiger charge is 2.22. The van der Waals surface area contributed by atoms with E-state index in [4.69, 9.17) is 4.42 Å². The van der Waals surface area contributed by atoms with Crippen molar-refractivity contribution in [3.63, 3.8) is 0 Å². The first-order valence-corrected chi connectivity index (χ1v) is 10.2. The van der Waals surface area contributed by atoms with E-state index in [0.717, 1.165) is 0 Å². The normalized spacial score (nSPS) is 12.5. The van der Waals surface area contributed by atoms with Crippen molar-refractivity contribution in [3.8, 4) is 0 Å². The van der Waals surface area contributed by atoms with Crippen LogP contribution in [-0.4, -0.2) is 31.3 Å². The van der Waals surface area contributed by atoms with Crippen molar-refractivity contribution < 1.29 is 22.4 Å². The average Bonchev–Trinajstić information content (AvgIpc) is 3.00. The first-order chi connectivity index (χ1) is 13.6. The lowest BCUT2D eigenvalue weighted by Gasteiger charge is -2.15. The average molecular weight is 416 g/mol. The van der Waals surface area contributed by atoms with Crippen LogP contribution in [0, 0.1) is 6.92 Å². The van der Waals surface area contributed by atoms with Crippen LogP contribution < -0.4 is 15.4 Å². The van der Waals surface area contributed by atoms with Crippen molar-refractivity contribution >= 4 is 44.3 Å². The third-order valence-corrected chi connectivity index (χ3v) is 5.53. The highest BCUT2D eigenvalue weighted by Crippen LogP contribution is 2.20. The Balaban J connectivity index is 1.67. The Morgan fingerprint density at radius 3 is 2.34 bits per heavy atom. The Bertz CT molecular complexity index is 1170. The lowest BCUT2D eigenvalue weighted by Crippen LogP contribution is -2.41. The predicted molar refractivity (Wildman–Crippen MR) is 108 cm³/mol. The number of carbonyl (C=O) groups is 2. The highest BCUT2D eigenvalue weighted by molar-refractivity contribution is 7.89. The summed E-state index contributed by atoms with van der Waals surface area (Å²) in [5, 5.41) is 5.20. The molecule has 0 radical (unpaired) electrons. The van der Waals surface area contributed by atoms with Gasteiger partial charge < -0.3 is 15.1 Å². The number of amides is 2. The van der Waals surface area contributed by atoms with E-state index >= 15 is 0 Å². The Kier molecular flexibility index (Phi) is 5.66. The molecular formula is C19H20N4O5S. The standard InChI is InChI=1S/C19H20N4O5S/c1-11(19(25)22-15-6-9-17-18(10-15)28-13(3)21-17)23-29(26,27)16-7-4-14(5-8-16)20-12(2)24/h4-11,23H,1-3H3,(H,20,24)(H,22,25)/t11-/m0/s1. The molecule has 9 nitrogen and oxygen atoms in total. The number of sulfonamides is 1. The minimum atomic E-state index is -3.93. The molecule has 2 amide bonds. The first-order valence-electron chi connectivity index (χ1n) is 8.72. The molecule has 2 aromatic carbocycles. The summed E-state index contributed by atoms with van der Waals surface area (Å²) in [6.45, 7) is 4.52. The fourth-order valence-electron chi connectivity index (χ4n) is 2.64. The van der Waals surface area contributed by atoms with Gasteiger partial charge in [0.1, 0.15) is 5.52 Å². The number of carbonyl (C=O) groups excluding carboxylic acids is 2. The van der Waals surface area contributed by atoms with Crippen molar-refractivity contribution in [1.82, 2.24) is 9.71 Å². The largest absolute Gasteiger partial charge is 0.441 e. The van der Waals surface area contributed by atoms with Crippen molar-refractivity contribution in [2.24, 2.45) is 0 Å². The first kappa shape index (κ1) is 20.5. The van der Waals surface area contributed by atoms with E-state index in [1.165, 1.54) is 38.1 Å². The fraction of sp³-hybridized carbons (Fsp3) is 0.211. The Morgan fingerprint density at radius 1 is 1.03 bits per heavy atom. The SMILES string of the molecule is CC(=O)Nc1ccc(S(=O)(=O)N[C@@H](C)C(=O)Nc2ccc3nc(C)oc3c2)cc1. The topological polar surface area (TPSA) is 130 Å². The van der Waals surface area contributed by atoms with Gasteiger partial charge >= 0.3 is 0 Å². The Hall–Kier alpha value is -3.24. The summed E-state index contributed by atoms with van der Waals surface area (Å²) in [4.78, 5) is 27.6. The lowest BCUT2D eigenvalue weighted by atomic mass is 10.2. The number of nitrogens with one attached hydrogen (secondary N) is 3. The molecule has 0 bridgehead atoms. The molecule has 10 heteroatoms. The molecule has 1 atom stereocenters. The van der Waals surface area contributed by atoms with Crippen LogP contribution in [0.5, 0.6) is 0 Å². The van der Waals surface area contributed by atoms with E-state index in [1.807, 2.05) is 0 Å². The highest BCUT2D eigenvalue weighted by atomic mass is 32.2. The predicted octanol–water partition coefficient (Wildman–Crippen LogP) is 2.40. The summed E-state index contributed by atoms with van der Waals surface area (Å²) >= 11 is 0. The van der Waals surface area contributed by atoms with Crippen molar-refractivity contribution in [1.29, 1.82) is 0 Å². The lowest BCUT2D eigenvalue weighted by molar-refractivity contribution is -0.117. The summed E-state index contributed by atoms with van der Waals surface area (Å²) in [7, 11) is -3.93. The van der Waals surface area contributed by atoms with Gasteiger partial charge in [0.15, 0.2) is 11.5 Å². The van der Waals surface area contributed by atoms with Gasteiger partial charge in [0, 0.05) is 31.3 Å². The van der Waals surface area contributed by atoms with Gasteiger partial charge in [0.05, 0.1) is 10.9 Å². The number of benzene rings is 2. The molecule has 3 rings (SSSR count). The van der Waals surface area contributed by atoms with E-state index in [1.54, 1.807) is 25.1 Å². The Morgan fingerprint density at radius 2 is 1.69 bits per heavy atom. The molecule has 0 aliphatic heterocycles. The van der Waals surface area contributed by atoms with Crippen molar-refractivity contribution in [3.05, 3.63) is 48.4 Å². The van der Waals surface area contributed by atoms with Crippen LogP contribution in [0.4, 0.5) is 11.4 Å². The number of oxazole rings is 1. The second-order valence-corrected chi connectivity index (χ2v) is 8.17. The van der Waals surface area contributed by atoms with Gasteiger partial charge in [0.2, 0.25) is 21.8 Å². The number of aromatic nitrogens is 1. The summed E-state index contributed by atoms with van der Waals surface area (Å²) in [6, 6.07) is 9.58. The molecule has 0 spiro atoms. The maximum Gasteiger partial charge on any atom is 0.242 e. The van der Waals surface area contributed by atoms with E-state index in [0.29, 0.717) is 28.4 Å². The maximum atomic E-state index is 12.5. The molecule has 0 fully saturated rings. The number of fused-ring (bicyclic) bond motifs is 1. The maximum absolute atomic E-state index is 12.5. The minimum absolute atomic E-state index is 0.0233. The van der Waals surface area contributed by atoms with E-state index in [2.05, 4.69) is 20.3 Å². The number of hydrogen-bond donors (Lipinski definition) is 3. The molecule has 0 aliphatic carbocycles. The zero-order chi connectivity index (χ0) is 21.2. The fourth-order valence-corrected chi connectivity index (χ4v) is 3.85. The van der Waals surface area contributed by atoms with Gasteiger partial charge in [-0.25, -0.2) is 13.4 Å². The molecule has 0 unspecified atom stereocenters. The van der Waals surface area contributed by atoms with E-state index < -0.39 is 22.0 Å². The number of anilines is 2. The summed E-state index contributed by atoms with van der Waals surface area (Å²) < 4.78 is 32.8. The quantitative estimate of drug-likeness (QED) is 0.566. The van der Waals surface area contributed by atoms with Crippen molar-refractivity contribution in [2.45, 2.75) is 31.7 Å². The summed E-state index contributed by atoms with van der Waals surface area (Å²) in [5.74, 6) is -0.282. The molecule has 3 N–H and O–H groups in total. The monoisotopic (exact) mass is 416 g/mol. The molecule has 3 aromatic rings. The molecule has 1 aromatic heterocycles. The second kappa shape index (κ2) is 8.02. The Labute approximate surface area is 167 Å². The van der Waals surface area contributed by atoms with Gasteiger partial charge in [-0.3, -0.25) is 9.59 Å². The van der Waals surface area contributed by atoms with Crippen LogP contribution >= 0.6 is 0 Å². The number of aryl methyl sites for hydroxylation is 1. The van der Waals surface area contributed by atoms with Crippen LogP contribution in [0.3, 0.4) is 0 Å². The van der Waals surface area contributed by atoms with E-state index in [9.17, 15) is 18.0 Å². The minimum Gasteiger partial charge on any atom is -0.441 e. The smallest absolute Gasteiger partial charge is 0.242 e. The summed E-state index contributed by atoms with van der Waals surface area (Å²) in [5.41, 5.74) is 2.12. The van der Waals surface area contributed by atoms with E-state index in [-0.39, 0.29) is 10.8 Å². The second-order valence-electron chi connectivity index (χ2n) is 6.45. The molecular weight excluding hydrogens is 396 g/mol. The molecule has 0 aliphatic rings. The molecule has 0 saturated heterocycles. The number of hydrogen-bond acceptors (Lipinski definition) is 6. The van der Waals surface area contributed by atoms with Crippen LogP contribution in [0.2, 0.25) is 0 Å². The third-order valence-electron chi connectivity index (χ3n) is 3.97. The van der Waals surface area contributed by atoms with Gasteiger partial charge in [0.25, 0.3) is 0 Å². The zero-order valence-corrected chi connectivity index (χ0v) is 16.8. The zero-order valence-electron chi connectivity index (χ0n) is 16.0. The third kappa shape index (κ3) is 4.98. The van der Waals surface area contributed by atoms with Crippen molar-refractivity contribution in [2.75, 3.05) is 10.6 Å². The summed E-state index contributed by atoms with van der Waals surface area (Å²) in [6.07, 6.45) is 0. The van der Waals surface area contributed by atoms with Crippen LogP contribution in [-0.2, 0) is 19.6 Å². The van der Waals surface area contributed by atoms with Gasteiger partial charge in [-0.15, -0.1) is 0 Å². The van der Waals surface area contributed by atoms with Crippen LogP contribution in [0.1, 0.15) is 19.7 Å². The van der Waals surface area contributed by atoms with Crippen LogP contribution in [0.25, 0.3) is 11.1 Å². The molecule has 1 heterocycles. The molecule has 152 valence electrons.